The van der Waals surface area contributed by atoms with Crippen LogP contribution in [0.25, 0.3) is 0 Å². The zero-order valence-corrected chi connectivity index (χ0v) is 11.0. The van der Waals surface area contributed by atoms with Crippen molar-refractivity contribution in [3.05, 3.63) is 42.1 Å². The molecule has 0 radical (unpaired) electrons. The van der Waals surface area contributed by atoms with E-state index < -0.39 is 5.82 Å². The molecule has 0 unspecified atom stereocenters. The number of pyridine rings is 1. The summed E-state index contributed by atoms with van der Waals surface area (Å²) in [5, 5.41) is 3.07. The Labute approximate surface area is 111 Å². The highest BCUT2D eigenvalue weighted by Gasteiger charge is 2.08. The SMILES string of the molecule is CN(C)c1nc(NCCc2cccnc2)ncc1F. The molecule has 0 spiro atoms. The molecular formula is C13H16FN5. The average Bonchev–Trinajstić information content (AvgIpc) is 2.41. The fourth-order valence-corrected chi connectivity index (χ4v) is 1.62. The van der Waals surface area contributed by atoms with Gasteiger partial charge in [0.05, 0.1) is 6.20 Å². The Morgan fingerprint density at radius 2 is 2.16 bits per heavy atom. The molecule has 0 aliphatic rings. The van der Waals surface area contributed by atoms with Crippen molar-refractivity contribution < 1.29 is 4.39 Å². The molecule has 1 N–H and O–H groups in total. The van der Waals surface area contributed by atoms with Gasteiger partial charge in [0, 0.05) is 33.0 Å². The lowest BCUT2D eigenvalue weighted by molar-refractivity contribution is 0.612. The third-order valence-corrected chi connectivity index (χ3v) is 2.57. The van der Waals surface area contributed by atoms with Gasteiger partial charge in [-0.05, 0) is 18.1 Å². The zero-order valence-electron chi connectivity index (χ0n) is 11.0. The van der Waals surface area contributed by atoms with E-state index in [9.17, 15) is 4.39 Å². The maximum Gasteiger partial charge on any atom is 0.224 e. The Hall–Kier alpha value is -2.24. The first-order chi connectivity index (χ1) is 9.16. The monoisotopic (exact) mass is 261 g/mol. The number of hydrogen-bond donors (Lipinski definition) is 1. The zero-order chi connectivity index (χ0) is 13.7. The minimum atomic E-state index is -0.428. The van der Waals surface area contributed by atoms with Gasteiger partial charge in [0.25, 0.3) is 0 Å². The lowest BCUT2D eigenvalue weighted by atomic mass is 10.2. The van der Waals surface area contributed by atoms with Crippen LogP contribution >= 0.6 is 0 Å². The van der Waals surface area contributed by atoms with Crippen LogP contribution in [0.5, 0.6) is 0 Å². The van der Waals surface area contributed by atoms with Gasteiger partial charge in [-0.1, -0.05) is 6.07 Å². The summed E-state index contributed by atoms with van der Waals surface area (Å²) < 4.78 is 13.4. The number of anilines is 2. The second kappa shape index (κ2) is 6.08. The van der Waals surface area contributed by atoms with Crippen LogP contribution in [0, 0.1) is 5.82 Å². The molecule has 0 aromatic carbocycles. The number of rotatable bonds is 5. The predicted molar refractivity (Wildman–Crippen MR) is 72.7 cm³/mol. The highest BCUT2D eigenvalue weighted by molar-refractivity contribution is 5.42. The summed E-state index contributed by atoms with van der Waals surface area (Å²) >= 11 is 0. The van der Waals surface area contributed by atoms with Gasteiger partial charge in [-0.3, -0.25) is 4.98 Å². The number of halogens is 1. The van der Waals surface area contributed by atoms with Gasteiger partial charge in [-0.25, -0.2) is 9.37 Å². The van der Waals surface area contributed by atoms with Crippen LogP contribution in [0.3, 0.4) is 0 Å². The maximum atomic E-state index is 13.4. The molecule has 0 bridgehead atoms. The van der Waals surface area contributed by atoms with E-state index >= 15 is 0 Å². The Balaban J connectivity index is 1.95. The lowest BCUT2D eigenvalue weighted by Crippen LogP contribution is -2.15. The largest absolute Gasteiger partial charge is 0.360 e. The van der Waals surface area contributed by atoms with Crippen LogP contribution < -0.4 is 10.2 Å². The van der Waals surface area contributed by atoms with Gasteiger partial charge >= 0.3 is 0 Å². The van der Waals surface area contributed by atoms with Gasteiger partial charge in [-0.2, -0.15) is 4.98 Å². The Bertz CT molecular complexity index is 530. The van der Waals surface area contributed by atoms with E-state index in [4.69, 9.17) is 0 Å². The molecule has 0 aliphatic heterocycles. The molecular weight excluding hydrogens is 245 g/mol. The van der Waals surface area contributed by atoms with Crippen LogP contribution in [0.15, 0.2) is 30.7 Å². The van der Waals surface area contributed by atoms with Crippen molar-refractivity contribution in [2.24, 2.45) is 0 Å². The van der Waals surface area contributed by atoms with E-state index in [0.29, 0.717) is 12.5 Å². The van der Waals surface area contributed by atoms with Gasteiger partial charge in [0.2, 0.25) is 5.95 Å². The Morgan fingerprint density at radius 1 is 1.32 bits per heavy atom. The summed E-state index contributed by atoms with van der Waals surface area (Å²) in [5.41, 5.74) is 1.13. The quantitative estimate of drug-likeness (QED) is 0.888. The standard InChI is InChI=1S/C13H16FN5/c1-19(2)12-11(14)9-17-13(18-12)16-7-5-10-4-3-6-15-8-10/h3-4,6,8-9H,5,7H2,1-2H3,(H,16,17,18). The maximum absolute atomic E-state index is 13.4. The second-order valence-electron chi connectivity index (χ2n) is 4.30. The van der Waals surface area contributed by atoms with E-state index in [1.807, 2.05) is 18.3 Å². The van der Waals surface area contributed by atoms with Crippen LogP contribution in [0.2, 0.25) is 0 Å². The van der Waals surface area contributed by atoms with Crippen molar-refractivity contribution in [2.45, 2.75) is 6.42 Å². The fourth-order valence-electron chi connectivity index (χ4n) is 1.62. The summed E-state index contributed by atoms with van der Waals surface area (Å²) in [7, 11) is 3.48. The Kier molecular flexibility index (Phi) is 4.22. The first-order valence-electron chi connectivity index (χ1n) is 5.99. The predicted octanol–water partition coefficient (Wildman–Crippen LogP) is 1.73. The number of nitrogens with one attached hydrogen (secondary N) is 1. The summed E-state index contributed by atoms with van der Waals surface area (Å²) in [6, 6.07) is 3.90. The summed E-state index contributed by atoms with van der Waals surface area (Å²) in [6.07, 6.45) is 5.54. The van der Waals surface area contributed by atoms with Gasteiger partial charge in [0.15, 0.2) is 11.6 Å². The van der Waals surface area contributed by atoms with E-state index in [-0.39, 0.29) is 5.82 Å². The van der Waals surface area contributed by atoms with Gasteiger partial charge in [0.1, 0.15) is 0 Å². The summed E-state index contributed by atoms with van der Waals surface area (Å²) in [5.74, 6) is 0.274. The van der Waals surface area contributed by atoms with Crippen molar-refractivity contribution in [1.82, 2.24) is 15.0 Å². The molecule has 2 heterocycles. The van der Waals surface area contributed by atoms with Crippen molar-refractivity contribution in [1.29, 1.82) is 0 Å². The van der Waals surface area contributed by atoms with Crippen LogP contribution in [-0.4, -0.2) is 35.6 Å². The summed E-state index contributed by atoms with van der Waals surface area (Å²) in [4.78, 5) is 13.7. The molecule has 100 valence electrons. The molecule has 2 rings (SSSR count). The fraction of sp³-hybridized carbons (Fsp3) is 0.308. The van der Waals surface area contributed by atoms with E-state index in [0.717, 1.165) is 12.0 Å². The topological polar surface area (TPSA) is 53.9 Å². The highest BCUT2D eigenvalue weighted by atomic mass is 19.1. The minimum Gasteiger partial charge on any atom is -0.360 e. The smallest absolute Gasteiger partial charge is 0.224 e. The third kappa shape index (κ3) is 3.61. The number of hydrogen-bond acceptors (Lipinski definition) is 5. The number of aromatic nitrogens is 3. The molecule has 0 atom stereocenters. The van der Waals surface area contributed by atoms with Crippen LogP contribution in [0.1, 0.15) is 5.56 Å². The van der Waals surface area contributed by atoms with E-state index in [1.165, 1.54) is 6.20 Å². The van der Waals surface area contributed by atoms with Crippen molar-refractivity contribution in [3.8, 4) is 0 Å². The molecule has 19 heavy (non-hydrogen) atoms. The molecule has 6 heteroatoms. The highest BCUT2D eigenvalue weighted by Crippen LogP contribution is 2.14. The average molecular weight is 261 g/mol. The van der Waals surface area contributed by atoms with Crippen molar-refractivity contribution in [2.75, 3.05) is 30.9 Å². The van der Waals surface area contributed by atoms with Crippen LogP contribution in [0.4, 0.5) is 16.2 Å². The van der Waals surface area contributed by atoms with Crippen molar-refractivity contribution in [3.63, 3.8) is 0 Å². The third-order valence-electron chi connectivity index (χ3n) is 2.57. The van der Waals surface area contributed by atoms with Gasteiger partial charge in [-0.15, -0.1) is 0 Å². The molecule has 0 fully saturated rings. The first-order valence-corrected chi connectivity index (χ1v) is 5.99. The van der Waals surface area contributed by atoms with Crippen LogP contribution in [-0.2, 0) is 6.42 Å². The van der Waals surface area contributed by atoms with Crippen molar-refractivity contribution >= 4 is 11.8 Å². The van der Waals surface area contributed by atoms with Gasteiger partial charge < -0.3 is 10.2 Å². The molecule has 0 saturated carbocycles. The molecule has 5 nitrogen and oxygen atoms in total. The summed E-state index contributed by atoms with van der Waals surface area (Å²) in [6.45, 7) is 0.671. The molecule has 2 aromatic rings. The lowest BCUT2D eigenvalue weighted by Gasteiger charge is -2.13. The number of nitrogens with zero attached hydrogens (tertiary/aromatic N) is 4. The molecule has 0 aliphatic carbocycles. The van der Waals surface area contributed by atoms with E-state index in [2.05, 4.69) is 20.3 Å². The molecule has 0 saturated heterocycles. The normalized spacial score (nSPS) is 10.3. The minimum absolute atomic E-state index is 0.277. The van der Waals surface area contributed by atoms with E-state index in [1.54, 1.807) is 25.2 Å². The Morgan fingerprint density at radius 3 is 2.84 bits per heavy atom. The first kappa shape index (κ1) is 13.2. The second-order valence-corrected chi connectivity index (χ2v) is 4.30. The molecule has 2 aromatic heterocycles. The molecule has 0 amide bonds.